The lowest BCUT2D eigenvalue weighted by atomic mass is 9.91. The highest BCUT2D eigenvalue weighted by molar-refractivity contribution is 7.99. The summed E-state index contributed by atoms with van der Waals surface area (Å²) in [4.78, 5) is 22.1. The molecule has 0 aromatic carbocycles. The maximum Gasteiger partial charge on any atom is 0.303 e. The zero-order valence-corrected chi connectivity index (χ0v) is 15.6. The number of thioether (sulfide) groups is 1. The number of unbranched alkanes of at least 4 members (excludes halogenated alkanes) is 3. The molecular formula is C18H34O4S. The monoisotopic (exact) mass is 346 g/mol. The van der Waals surface area contributed by atoms with Gasteiger partial charge in [-0.2, -0.15) is 11.8 Å². The third kappa shape index (κ3) is 14.8. The average Bonchev–Trinajstić information content (AvgIpc) is 2.48. The Hall–Kier alpha value is -0.550. The Morgan fingerprint density at radius 2 is 1.65 bits per heavy atom. The SMILES string of the molecule is CCCSCC(O)CCCC(CCCCCCC(=O)O)C(C)=O. The minimum atomic E-state index is -0.734. The van der Waals surface area contributed by atoms with E-state index in [4.69, 9.17) is 5.11 Å². The van der Waals surface area contributed by atoms with Gasteiger partial charge in [0, 0.05) is 18.1 Å². The van der Waals surface area contributed by atoms with Crippen molar-refractivity contribution in [3.8, 4) is 0 Å². The summed E-state index contributed by atoms with van der Waals surface area (Å²) < 4.78 is 0. The highest BCUT2D eigenvalue weighted by Crippen LogP contribution is 2.20. The molecule has 0 aliphatic heterocycles. The molecule has 0 aromatic rings. The molecule has 0 aliphatic carbocycles. The maximum atomic E-state index is 11.7. The molecule has 0 bridgehead atoms. The first-order valence-corrected chi connectivity index (χ1v) is 10.1. The van der Waals surface area contributed by atoms with Crippen LogP contribution in [-0.2, 0) is 9.59 Å². The molecule has 23 heavy (non-hydrogen) atoms. The fraction of sp³-hybridized carbons (Fsp3) is 0.889. The molecule has 2 unspecified atom stereocenters. The number of aliphatic carboxylic acids is 1. The summed E-state index contributed by atoms with van der Waals surface area (Å²) in [6.45, 7) is 3.79. The van der Waals surface area contributed by atoms with Crippen LogP contribution in [0.2, 0.25) is 0 Å². The smallest absolute Gasteiger partial charge is 0.303 e. The standard InChI is InChI=1S/C18H34O4S/c1-3-13-23-14-17(20)11-8-10-16(15(2)19)9-6-4-5-7-12-18(21)22/h16-17,20H,3-14H2,1-2H3,(H,21,22). The Morgan fingerprint density at radius 3 is 2.26 bits per heavy atom. The van der Waals surface area contributed by atoms with Crippen LogP contribution in [-0.4, -0.2) is 39.6 Å². The quantitative estimate of drug-likeness (QED) is 0.408. The van der Waals surface area contributed by atoms with Crippen molar-refractivity contribution in [1.29, 1.82) is 0 Å². The van der Waals surface area contributed by atoms with E-state index in [0.717, 1.165) is 69.3 Å². The van der Waals surface area contributed by atoms with E-state index in [1.54, 1.807) is 18.7 Å². The van der Waals surface area contributed by atoms with Crippen LogP contribution in [0.25, 0.3) is 0 Å². The van der Waals surface area contributed by atoms with Crippen molar-refractivity contribution in [2.75, 3.05) is 11.5 Å². The maximum absolute atomic E-state index is 11.7. The molecule has 0 fully saturated rings. The predicted octanol–water partition coefficient (Wildman–Crippen LogP) is 4.29. The summed E-state index contributed by atoms with van der Waals surface area (Å²) in [6.07, 6.45) is 8.17. The largest absolute Gasteiger partial charge is 0.481 e. The minimum absolute atomic E-state index is 0.102. The van der Waals surface area contributed by atoms with Gasteiger partial charge in [0.2, 0.25) is 0 Å². The Labute approximate surface area is 145 Å². The van der Waals surface area contributed by atoms with Crippen LogP contribution >= 0.6 is 11.8 Å². The van der Waals surface area contributed by atoms with Gasteiger partial charge < -0.3 is 10.2 Å². The van der Waals surface area contributed by atoms with Crippen molar-refractivity contribution >= 4 is 23.5 Å². The molecule has 0 rings (SSSR count). The van der Waals surface area contributed by atoms with E-state index in [1.165, 1.54) is 0 Å². The second-order valence-electron chi connectivity index (χ2n) is 6.31. The van der Waals surface area contributed by atoms with Gasteiger partial charge in [-0.1, -0.05) is 32.6 Å². The summed E-state index contributed by atoms with van der Waals surface area (Å²) in [5.41, 5.74) is 0. The van der Waals surface area contributed by atoms with Crippen molar-refractivity contribution in [2.24, 2.45) is 5.92 Å². The second-order valence-corrected chi connectivity index (χ2v) is 7.46. The Bertz CT molecular complexity index is 320. The zero-order chi connectivity index (χ0) is 17.5. The molecule has 0 radical (unpaired) electrons. The van der Waals surface area contributed by atoms with Crippen molar-refractivity contribution in [3.05, 3.63) is 0 Å². The number of aliphatic hydroxyl groups excluding tert-OH is 1. The van der Waals surface area contributed by atoms with Crippen LogP contribution < -0.4 is 0 Å². The van der Waals surface area contributed by atoms with E-state index < -0.39 is 5.97 Å². The zero-order valence-electron chi connectivity index (χ0n) is 14.8. The summed E-state index contributed by atoms with van der Waals surface area (Å²) in [7, 11) is 0. The lowest BCUT2D eigenvalue weighted by molar-refractivity contribution is -0.137. The lowest BCUT2D eigenvalue weighted by Crippen LogP contribution is -2.14. The molecule has 5 heteroatoms. The summed E-state index contributed by atoms with van der Waals surface area (Å²) >= 11 is 1.79. The fourth-order valence-electron chi connectivity index (χ4n) is 2.62. The molecule has 0 saturated carbocycles. The summed E-state index contributed by atoms with van der Waals surface area (Å²) in [5, 5.41) is 18.5. The minimum Gasteiger partial charge on any atom is -0.481 e. The van der Waals surface area contributed by atoms with Gasteiger partial charge in [0.15, 0.2) is 0 Å². The molecule has 0 amide bonds. The summed E-state index contributed by atoms with van der Waals surface area (Å²) in [6, 6.07) is 0. The van der Waals surface area contributed by atoms with Gasteiger partial charge in [0.25, 0.3) is 0 Å². The number of ketones is 1. The topological polar surface area (TPSA) is 74.6 Å². The number of carbonyl (C=O) groups is 2. The number of hydrogen-bond donors (Lipinski definition) is 2. The number of Topliss-reactive ketones (excluding diaryl/α,β-unsaturated/α-hetero) is 1. The molecule has 0 aliphatic rings. The molecule has 0 spiro atoms. The van der Waals surface area contributed by atoms with E-state index in [1.807, 2.05) is 0 Å². The molecular weight excluding hydrogens is 312 g/mol. The van der Waals surface area contributed by atoms with E-state index in [-0.39, 0.29) is 24.2 Å². The summed E-state index contributed by atoms with van der Waals surface area (Å²) in [5.74, 6) is 1.49. The number of aliphatic hydroxyl groups is 1. The number of rotatable bonds is 16. The van der Waals surface area contributed by atoms with Crippen LogP contribution in [0.4, 0.5) is 0 Å². The van der Waals surface area contributed by atoms with Gasteiger partial charge in [-0.25, -0.2) is 0 Å². The first-order chi connectivity index (χ1) is 11.0. The number of carboxylic acid groups (broad SMARTS) is 1. The molecule has 0 aromatic heterocycles. The van der Waals surface area contributed by atoms with Crippen LogP contribution in [0, 0.1) is 5.92 Å². The average molecular weight is 347 g/mol. The second kappa shape index (κ2) is 15.0. The first kappa shape index (κ1) is 22.4. The van der Waals surface area contributed by atoms with Gasteiger partial charge >= 0.3 is 5.97 Å². The van der Waals surface area contributed by atoms with Gasteiger partial charge in [-0.15, -0.1) is 0 Å². The van der Waals surface area contributed by atoms with Gasteiger partial charge in [-0.3, -0.25) is 9.59 Å². The first-order valence-electron chi connectivity index (χ1n) is 8.95. The van der Waals surface area contributed by atoms with Crippen LogP contribution in [0.1, 0.15) is 78.1 Å². The fourth-order valence-corrected chi connectivity index (χ4v) is 3.51. The van der Waals surface area contributed by atoms with Crippen LogP contribution in [0.5, 0.6) is 0 Å². The normalized spacial score (nSPS) is 13.7. The molecule has 2 N–H and O–H groups in total. The molecule has 0 heterocycles. The third-order valence-corrected chi connectivity index (χ3v) is 5.33. The van der Waals surface area contributed by atoms with E-state index in [2.05, 4.69) is 6.92 Å². The van der Waals surface area contributed by atoms with E-state index in [9.17, 15) is 14.7 Å². The number of carbonyl (C=O) groups excluding carboxylic acids is 1. The highest BCUT2D eigenvalue weighted by atomic mass is 32.2. The van der Waals surface area contributed by atoms with Gasteiger partial charge in [-0.05, 0) is 44.8 Å². The number of carboxylic acids is 1. The van der Waals surface area contributed by atoms with Crippen LogP contribution in [0.3, 0.4) is 0 Å². The predicted molar refractivity (Wildman–Crippen MR) is 97.0 cm³/mol. The Kier molecular flexibility index (Phi) is 14.6. The van der Waals surface area contributed by atoms with E-state index >= 15 is 0 Å². The Morgan fingerprint density at radius 1 is 1.00 bits per heavy atom. The molecule has 2 atom stereocenters. The van der Waals surface area contributed by atoms with Gasteiger partial charge in [0.05, 0.1) is 6.10 Å². The molecule has 4 nitrogen and oxygen atoms in total. The van der Waals surface area contributed by atoms with Crippen molar-refractivity contribution < 1.29 is 19.8 Å². The van der Waals surface area contributed by atoms with Crippen molar-refractivity contribution in [2.45, 2.75) is 84.2 Å². The van der Waals surface area contributed by atoms with E-state index in [0.29, 0.717) is 0 Å². The number of hydrogen-bond acceptors (Lipinski definition) is 4. The van der Waals surface area contributed by atoms with Gasteiger partial charge in [0.1, 0.15) is 5.78 Å². The molecule has 0 saturated heterocycles. The van der Waals surface area contributed by atoms with Crippen molar-refractivity contribution in [1.82, 2.24) is 0 Å². The Balaban J connectivity index is 3.73. The van der Waals surface area contributed by atoms with Crippen LogP contribution in [0.15, 0.2) is 0 Å². The third-order valence-electron chi connectivity index (χ3n) is 4.02. The molecule has 136 valence electrons. The highest BCUT2D eigenvalue weighted by Gasteiger charge is 2.14. The lowest BCUT2D eigenvalue weighted by Gasteiger charge is -2.15. The van der Waals surface area contributed by atoms with Crippen molar-refractivity contribution in [3.63, 3.8) is 0 Å².